The van der Waals surface area contributed by atoms with Gasteiger partial charge in [-0.25, -0.2) is 4.98 Å². The summed E-state index contributed by atoms with van der Waals surface area (Å²) in [7, 11) is 4.07. The molecule has 1 aliphatic rings. The van der Waals surface area contributed by atoms with Crippen LogP contribution in [0.15, 0.2) is 47.2 Å². The zero-order chi connectivity index (χ0) is 20.0. The molecule has 148 valence electrons. The number of piperazine rings is 1. The molecule has 0 radical (unpaired) electrons. The number of aryl methyl sites for hydroxylation is 1. The summed E-state index contributed by atoms with van der Waals surface area (Å²) in [6.07, 6.45) is 3.63. The molecule has 1 saturated heterocycles. The zero-order valence-corrected chi connectivity index (χ0v) is 17.9. The first-order valence-corrected chi connectivity index (χ1v) is 10.4. The monoisotopic (exact) mass is 452 g/mol. The molecule has 0 saturated carbocycles. The zero-order valence-electron chi connectivity index (χ0n) is 16.3. The molecule has 3 heterocycles. The Balaban J connectivity index is 1.44. The highest BCUT2D eigenvalue weighted by atomic mass is 79.9. The van der Waals surface area contributed by atoms with Crippen LogP contribution in [0.2, 0.25) is 0 Å². The Kier molecular flexibility index (Phi) is 4.60. The largest absolute Gasteiger partial charge is 0.423 e. The number of anilines is 1. The molecule has 0 aliphatic carbocycles. The van der Waals surface area contributed by atoms with E-state index in [1.54, 1.807) is 6.20 Å². The van der Waals surface area contributed by atoms with Crippen LogP contribution in [0, 0.1) is 0 Å². The topological polar surface area (TPSA) is 59.3 Å². The van der Waals surface area contributed by atoms with Crippen LogP contribution in [0.25, 0.3) is 21.8 Å². The van der Waals surface area contributed by atoms with E-state index in [-0.39, 0.29) is 0 Å². The average Bonchev–Trinajstić information content (AvgIpc) is 3.11. The van der Waals surface area contributed by atoms with E-state index in [1.165, 1.54) is 5.69 Å². The SMILES string of the molecule is CN1CCN(c2ccc(Oc3ncc4ccc5cnn(C)c5c4n3)c(Br)c2)CC1. The molecule has 7 nitrogen and oxygen atoms in total. The lowest BCUT2D eigenvalue weighted by Gasteiger charge is -2.34. The number of nitrogens with zero attached hydrogens (tertiary/aromatic N) is 6. The molecule has 1 fully saturated rings. The van der Waals surface area contributed by atoms with Gasteiger partial charge in [0, 0.05) is 55.9 Å². The lowest BCUT2D eigenvalue weighted by atomic mass is 10.2. The van der Waals surface area contributed by atoms with Gasteiger partial charge in [0.1, 0.15) is 11.3 Å². The molecule has 0 unspecified atom stereocenters. The third-order valence-electron chi connectivity index (χ3n) is 5.41. The van der Waals surface area contributed by atoms with Crippen molar-refractivity contribution in [3.63, 3.8) is 0 Å². The van der Waals surface area contributed by atoms with Crippen LogP contribution in [-0.4, -0.2) is 57.9 Å². The highest BCUT2D eigenvalue weighted by Gasteiger charge is 2.16. The first kappa shape index (κ1) is 18.3. The molecular formula is C21H21BrN6O. The number of halogens is 1. The Morgan fingerprint density at radius 1 is 0.966 bits per heavy atom. The fourth-order valence-corrected chi connectivity index (χ4v) is 4.16. The fourth-order valence-electron chi connectivity index (χ4n) is 3.71. The van der Waals surface area contributed by atoms with E-state index in [1.807, 2.05) is 36.1 Å². The summed E-state index contributed by atoms with van der Waals surface area (Å²) in [5.74, 6) is 0.694. The third kappa shape index (κ3) is 3.42. The van der Waals surface area contributed by atoms with Gasteiger partial charge in [0.25, 0.3) is 0 Å². The number of likely N-dealkylation sites (N-methyl/N-ethyl adjacent to an activating group) is 1. The number of benzene rings is 2. The number of aromatic nitrogens is 4. The lowest BCUT2D eigenvalue weighted by molar-refractivity contribution is 0.313. The van der Waals surface area contributed by atoms with Gasteiger partial charge in [-0.15, -0.1) is 0 Å². The van der Waals surface area contributed by atoms with Crippen molar-refractivity contribution >= 4 is 43.4 Å². The molecule has 2 aromatic carbocycles. The van der Waals surface area contributed by atoms with Crippen molar-refractivity contribution in [2.24, 2.45) is 7.05 Å². The molecule has 0 spiro atoms. The smallest absolute Gasteiger partial charge is 0.322 e. The standard InChI is InChI=1S/C21H21BrN6O/c1-26-7-9-28(10-8-26)16-5-6-18(17(22)11-16)29-21-23-12-14-3-4-15-13-24-27(2)20(15)19(14)25-21/h3-6,11-13H,7-10H2,1-2H3. The van der Waals surface area contributed by atoms with Crippen molar-refractivity contribution in [2.45, 2.75) is 0 Å². The summed E-state index contributed by atoms with van der Waals surface area (Å²) in [6, 6.07) is 10.5. The quantitative estimate of drug-likeness (QED) is 0.470. The van der Waals surface area contributed by atoms with Gasteiger partial charge >= 0.3 is 6.01 Å². The summed E-state index contributed by atoms with van der Waals surface area (Å²) in [5.41, 5.74) is 2.99. The van der Waals surface area contributed by atoms with E-state index < -0.39 is 0 Å². The normalized spacial score (nSPS) is 15.3. The molecule has 4 aromatic rings. The Morgan fingerprint density at radius 3 is 2.55 bits per heavy atom. The molecule has 2 aromatic heterocycles. The second-order valence-corrected chi connectivity index (χ2v) is 8.22. The van der Waals surface area contributed by atoms with Crippen molar-refractivity contribution in [3.05, 3.63) is 47.2 Å². The molecule has 5 rings (SSSR count). The summed E-state index contributed by atoms with van der Waals surface area (Å²) < 4.78 is 8.73. The molecule has 0 N–H and O–H groups in total. The van der Waals surface area contributed by atoms with E-state index in [0.29, 0.717) is 11.8 Å². The minimum atomic E-state index is 0.319. The van der Waals surface area contributed by atoms with Crippen molar-refractivity contribution in [1.82, 2.24) is 24.6 Å². The fraction of sp³-hybridized carbons (Fsp3) is 0.286. The maximum atomic E-state index is 6.02. The van der Waals surface area contributed by atoms with Gasteiger partial charge in [-0.3, -0.25) is 4.68 Å². The average molecular weight is 453 g/mol. The summed E-state index contributed by atoms with van der Waals surface area (Å²) in [4.78, 5) is 13.8. The summed E-state index contributed by atoms with van der Waals surface area (Å²) in [6.45, 7) is 4.20. The highest BCUT2D eigenvalue weighted by molar-refractivity contribution is 9.10. The van der Waals surface area contributed by atoms with Gasteiger partial charge in [0.15, 0.2) is 0 Å². The minimum Gasteiger partial charge on any atom is -0.423 e. The van der Waals surface area contributed by atoms with Crippen molar-refractivity contribution in [1.29, 1.82) is 0 Å². The number of fused-ring (bicyclic) bond motifs is 3. The van der Waals surface area contributed by atoms with Crippen LogP contribution in [0.4, 0.5) is 5.69 Å². The molecule has 8 heteroatoms. The molecule has 29 heavy (non-hydrogen) atoms. The van der Waals surface area contributed by atoms with Crippen LogP contribution >= 0.6 is 15.9 Å². The molecule has 0 bridgehead atoms. The Bertz CT molecular complexity index is 1200. The van der Waals surface area contributed by atoms with Crippen molar-refractivity contribution in [2.75, 3.05) is 38.1 Å². The third-order valence-corrected chi connectivity index (χ3v) is 6.03. The van der Waals surface area contributed by atoms with E-state index in [0.717, 1.165) is 52.5 Å². The minimum absolute atomic E-state index is 0.319. The van der Waals surface area contributed by atoms with Gasteiger partial charge < -0.3 is 14.5 Å². The van der Waals surface area contributed by atoms with E-state index in [4.69, 9.17) is 4.74 Å². The first-order chi connectivity index (χ1) is 14.1. The van der Waals surface area contributed by atoms with Crippen LogP contribution in [0.3, 0.4) is 0 Å². The Hall–Kier alpha value is -2.71. The van der Waals surface area contributed by atoms with E-state index >= 15 is 0 Å². The van der Waals surface area contributed by atoms with Crippen LogP contribution in [0.5, 0.6) is 11.8 Å². The first-order valence-electron chi connectivity index (χ1n) is 9.57. The summed E-state index contributed by atoms with van der Waals surface area (Å²) in [5, 5.41) is 6.33. The van der Waals surface area contributed by atoms with E-state index in [2.05, 4.69) is 60.0 Å². The van der Waals surface area contributed by atoms with Gasteiger partial charge in [-0.1, -0.05) is 12.1 Å². The van der Waals surface area contributed by atoms with Gasteiger partial charge in [0.2, 0.25) is 0 Å². The number of hydrogen-bond donors (Lipinski definition) is 0. The molecule has 0 amide bonds. The summed E-state index contributed by atoms with van der Waals surface area (Å²) >= 11 is 3.65. The highest BCUT2D eigenvalue weighted by Crippen LogP contribution is 2.33. The maximum absolute atomic E-state index is 6.02. The van der Waals surface area contributed by atoms with Gasteiger partial charge in [0.05, 0.1) is 16.2 Å². The predicted molar refractivity (Wildman–Crippen MR) is 118 cm³/mol. The van der Waals surface area contributed by atoms with Crippen LogP contribution in [-0.2, 0) is 7.05 Å². The van der Waals surface area contributed by atoms with Crippen molar-refractivity contribution in [3.8, 4) is 11.8 Å². The number of ether oxygens (including phenoxy) is 1. The van der Waals surface area contributed by atoms with Gasteiger partial charge in [-0.05, 0) is 41.2 Å². The number of hydrogen-bond acceptors (Lipinski definition) is 6. The molecule has 1 aliphatic heterocycles. The number of rotatable bonds is 3. The van der Waals surface area contributed by atoms with Crippen LogP contribution < -0.4 is 9.64 Å². The van der Waals surface area contributed by atoms with E-state index in [9.17, 15) is 0 Å². The molecule has 0 atom stereocenters. The Morgan fingerprint density at radius 2 is 1.76 bits per heavy atom. The molecular weight excluding hydrogens is 432 g/mol. The predicted octanol–water partition coefficient (Wildman–Crippen LogP) is 3.82. The lowest BCUT2D eigenvalue weighted by Crippen LogP contribution is -2.44. The maximum Gasteiger partial charge on any atom is 0.322 e. The Labute approximate surface area is 177 Å². The van der Waals surface area contributed by atoms with Crippen molar-refractivity contribution < 1.29 is 4.74 Å². The second kappa shape index (κ2) is 7.27. The van der Waals surface area contributed by atoms with Gasteiger partial charge in [-0.2, -0.15) is 10.1 Å². The van der Waals surface area contributed by atoms with Crippen LogP contribution in [0.1, 0.15) is 0 Å². The second-order valence-electron chi connectivity index (χ2n) is 7.37.